The number of nitrogens with one attached hydrogen (secondary N) is 1. The van der Waals surface area contributed by atoms with Crippen LogP contribution in [0.5, 0.6) is 5.75 Å². The molecule has 0 spiro atoms. The number of hydrogen-bond acceptors (Lipinski definition) is 3. The highest BCUT2D eigenvalue weighted by Gasteiger charge is 2.16. The standard InChI is InChI=1S/C21H15Cl2N3O2/c22-15-6-4-14(5-7-15)20-21(26-12-2-1-3-18(26)24-20)25-19(27)13-28-17-10-8-16(23)9-11-17/h1-12H,13H2,(H,25,27). The van der Waals surface area contributed by atoms with Gasteiger partial charge in [0.25, 0.3) is 5.91 Å². The first kappa shape index (κ1) is 18.3. The summed E-state index contributed by atoms with van der Waals surface area (Å²) in [5.74, 6) is 0.842. The molecule has 4 aromatic rings. The number of halogens is 2. The van der Waals surface area contributed by atoms with Gasteiger partial charge in [-0.15, -0.1) is 0 Å². The van der Waals surface area contributed by atoms with Crippen molar-refractivity contribution in [3.8, 4) is 17.0 Å². The van der Waals surface area contributed by atoms with Crippen LogP contribution in [0.4, 0.5) is 5.82 Å². The van der Waals surface area contributed by atoms with E-state index in [1.165, 1.54) is 0 Å². The molecule has 0 bridgehead atoms. The van der Waals surface area contributed by atoms with Crippen molar-refractivity contribution in [1.82, 2.24) is 9.38 Å². The molecule has 2 aromatic carbocycles. The highest BCUT2D eigenvalue weighted by molar-refractivity contribution is 6.30. The van der Waals surface area contributed by atoms with Gasteiger partial charge in [0.05, 0.1) is 0 Å². The molecule has 4 rings (SSSR count). The van der Waals surface area contributed by atoms with E-state index in [0.29, 0.717) is 27.3 Å². The lowest BCUT2D eigenvalue weighted by atomic mass is 10.1. The van der Waals surface area contributed by atoms with Crippen LogP contribution in [0.1, 0.15) is 0 Å². The second-order valence-corrected chi connectivity index (χ2v) is 6.91. The van der Waals surface area contributed by atoms with Crippen molar-refractivity contribution < 1.29 is 9.53 Å². The average Bonchev–Trinajstić information content (AvgIpc) is 3.07. The number of fused-ring (bicyclic) bond motifs is 1. The van der Waals surface area contributed by atoms with E-state index in [4.69, 9.17) is 27.9 Å². The molecule has 5 nitrogen and oxygen atoms in total. The number of carbonyl (C=O) groups excluding carboxylic acids is 1. The number of rotatable bonds is 5. The lowest BCUT2D eigenvalue weighted by Gasteiger charge is -2.09. The highest BCUT2D eigenvalue weighted by Crippen LogP contribution is 2.29. The summed E-state index contributed by atoms with van der Waals surface area (Å²) in [6.45, 7) is -0.137. The molecule has 2 heterocycles. The molecule has 1 amide bonds. The summed E-state index contributed by atoms with van der Waals surface area (Å²) >= 11 is 11.8. The van der Waals surface area contributed by atoms with Crippen molar-refractivity contribution in [2.75, 3.05) is 11.9 Å². The molecule has 1 N–H and O–H groups in total. The predicted molar refractivity (Wildman–Crippen MR) is 111 cm³/mol. The number of anilines is 1. The van der Waals surface area contributed by atoms with Crippen LogP contribution < -0.4 is 10.1 Å². The zero-order valence-electron chi connectivity index (χ0n) is 14.6. The molecule has 0 saturated carbocycles. The molecule has 0 aliphatic heterocycles. The monoisotopic (exact) mass is 411 g/mol. The third-order valence-corrected chi connectivity index (χ3v) is 4.59. The minimum Gasteiger partial charge on any atom is -0.484 e. The van der Waals surface area contributed by atoms with E-state index in [-0.39, 0.29) is 12.5 Å². The summed E-state index contributed by atoms with van der Waals surface area (Å²) in [6.07, 6.45) is 1.84. The molecule has 140 valence electrons. The number of ether oxygens (including phenoxy) is 1. The quantitative estimate of drug-likeness (QED) is 0.482. The summed E-state index contributed by atoms with van der Waals surface area (Å²) in [5.41, 5.74) is 2.23. The van der Waals surface area contributed by atoms with Gasteiger partial charge in [-0.1, -0.05) is 41.4 Å². The summed E-state index contributed by atoms with van der Waals surface area (Å²) in [6, 6.07) is 19.8. The van der Waals surface area contributed by atoms with E-state index >= 15 is 0 Å². The van der Waals surface area contributed by atoms with Crippen molar-refractivity contribution in [3.63, 3.8) is 0 Å². The van der Waals surface area contributed by atoms with E-state index in [1.54, 1.807) is 36.4 Å². The van der Waals surface area contributed by atoms with Gasteiger partial charge >= 0.3 is 0 Å². The molecular weight excluding hydrogens is 397 g/mol. The van der Waals surface area contributed by atoms with Crippen LogP contribution in [0.2, 0.25) is 10.0 Å². The fourth-order valence-corrected chi connectivity index (χ4v) is 3.02. The second-order valence-electron chi connectivity index (χ2n) is 6.04. The maximum atomic E-state index is 12.5. The van der Waals surface area contributed by atoms with Gasteiger partial charge in [0.15, 0.2) is 6.61 Å². The van der Waals surface area contributed by atoms with Gasteiger partial charge in [0.1, 0.15) is 22.9 Å². The molecule has 28 heavy (non-hydrogen) atoms. The first-order valence-electron chi connectivity index (χ1n) is 8.51. The van der Waals surface area contributed by atoms with Crippen LogP contribution in [-0.4, -0.2) is 21.9 Å². The van der Waals surface area contributed by atoms with Gasteiger partial charge in [0.2, 0.25) is 0 Å². The summed E-state index contributed by atoms with van der Waals surface area (Å²) in [4.78, 5) is 17.2. The molecule has 2 aromatic heterocycles. The first-order valence-corrected chi connectivity index (χ1v) is 9.27. The third kappa shape index (κ3) is 3.96. The number of nitrogens with zero attached hydrogens (tertiary/aromatic N) is 2. The number of pyridine rings is 1. The van der Waals surface area contributed by atoms with Crippen molar-refractivity contribution in [1.29, 1.82) is 0 Å². The normalized spacial score (nSPS) is 10.8. The third-order valence-electron chi connectivity index (χ3n) is 4.09. The number of hydrogen-bond donors (Lipinski definition) is 1. The van der Waals surface area contributed by atoms with Crippen LogP contribution in [-0.2, 0) is 4.79 Å². The van der Waals surface area contributed by atoms with Gasteiger partial charge in [-0.3, -0.25) is 9.20 Å². The minimum absolute atomic E-state index is 0.137. The van der Waals surface area contributed by atoms with Crippen molar-refractivity contribution in [3.05, 3.63) is 83.0 Å². The molecule has 0 atom stereocenters. The maximum Gasteiger partial charge on any atom is 0.263 e. The Kier molecular flexibility index (Phi) is 5.19. The van der Waals surface area contributed by atoms with Crippen LogP contribution in [0.15, 0.2) is 72.9 Å². The van der Waals surface area contributed by atoms with Crippen molar-refractivity contribution in [2.45, 2.75) is 0 Å². The van der Waals surface area contributed by atoms with Crippen LogP contribution in [0, 0.1) is 0 Å². The van der Waals surface area contributed by atoms with E-state index in [9.17, 15) is 4.79 Å². The molecule has 0 aliphatic rings. The van der Waals surface area contributed by atoms with Gasteiger partial charge in [-0.05, 0) is 48.5 Å². The van der Waals surface area contributed by atoms with E-state index in [0.717, 1.165) is 11.2 Å². The predicted octanol–water partition coefficient (Wildman–Crippen LogP) is 5.33. The van der Waals surface area contributed by atoms with Crippen LogP contribution in [0.25, 0.3) is 16.9 Å². The fourth-order valence-electron chi connectivity index (χ4n) is 2.77. The number of aromatic nitrogens is 2. The van der Waals surface area contributed by atoms with Gasteiger partial charge in [-0.2, -0.15) is 0 Å². The summed E-state index contributed by atoms with van der Waals surface area (Å²) < 4.78 is 7.35. The smallest absolute Gasteiger partial charge is 0.263 e. The van der Waals surface area contributed by atoms with E-state index in [2.05, 4.69) is 10.3 Å². The molecule has 0 unspecified atom stereocenters. The first-order chi connectivity index (χ1) is 13.6. The largest absolute Gasteiger partial charge is 0.484 e. The highest BCUT2D eigenvalue weighted by atomic mass is 35.5. The van der Waals surface area contributed by atoms with Crippen LogP contribution in [0.3, 0.4) is 0 Å². The summed E-state index contributed by atoms with van der Waals surface area (Å²) in [5, 5.41) is 4.15. The van der Waals surface area contributed by atoms with Gasteiger partial charge < -0.3 is 10.1 Å². The zero-order chi connectivity index (χ0) is 19.5. The SMILES string of the molecule is O=C(COc1ccc(Cl)cc1)Nc1c(-c2ccc(Cl)cc2)nc2ccccn12. The van der Waals surface area contributed by atoms with E-state index < -0.39 is 0 Å². The lowest BCUT2D eigenvalue weighted by molar-refractivity contribution is -0.118. The topological polar surface area (TPSA) is 55.6 Å². The zero-order valence-corrected chi connectivity index (χ0v) is 16.1. The Morgan fingerprint density at radius 2 is 1.64 bits per heavy atom. The average molecular weight is 412 g/mol. The summed E-state index contributed by atoms with van der Waals surface area (Å²) in [7, 11) is 0. The maximum absolute atomic E-state index is 12.5. The van der Waals surface area contributed by atoms with Gasteiger partial charge in [0, 0.05) is 21.8 Å². The van der Waals surface area contributed by atoms with E-state index in [1.807, 2.05) is 40.9 Å². The molecular formula is C21H15Cl2N3O2. The number of carbonyl (C=O) groups is 1. The number of imidazole rings is 1. The lowest BCUT2D eigenvalue weighted by Crippen LogP contribution is -2.21. The molecule has 0 saturated heterocycles. The Balaban J connectivity index is 1.59. The Morgan fingerprint density at radius 1 is 0.964 bits per heavy atom. The Hall–Kier alpha value is -3.02. The number of benzene rings is 2. The van der Waals surface area contributed by atoms with Crippen molar-refractivity contribution in [2.24, 2.45) is 0 Å². The molecule has 0 aliphatic carbocycles. The second kappa shape index (κ2) is 7.92. The van der Waals surface area contributed by atoms with Crippen LogP contribution >= 0.6 is 23.2 Å². The van der Waals surface area contributed by atoms with Gasteiger partial charge in [-0.25, -0.2) is 4.98 Å². The Bertz CT molecular complexity index is 1120. The number of amides is 1. The Labute approximate surface area is 171 Å². The molecule has 0 radical (unpaired) electrons. The fraction of sp³-hybridized carbons (Fsp3) is 0.0476. The minimum atomic E-state index is -0.296. The molecule has 0 fully saturated rings. The Morgan fingerprint density at radius 3 is 2.36 bits per heavy atom. The molecule has 7 heteroatoms. The van der Waals surface area contributed by atoms with Crippen molar-refractivity contribution >= 4 is 40.6 Å².